The number of benzene rings is 2. The van der Waals surface area contributed by atoms with Gasteiger partial charge in [-0.05, 0) is 47.7 Å². The van der Waals surface area contributed by atoms with E-state index >= 15 is 0 Å². The second-order valence-corrected chi connectivity index (χ2v) is 6.29. The molecule has 1 saturated carbocycles. The molecule has 3 atom stereocenters. The normalized spacial score (nSPS) is 23.5. The van der Waals surface area contributed by atoms with Gasteiger partial charge in [0, 0.05) is 11.6 Å². The topological polar surface area (TPSA) is 59.6 Å². The molecule has 0 aromatic heterocycles. The number of alkyl halides is 3. The Morgan fingerprint density at radius 2 is 1.81 bits per heavy atom. The molecule has 8 heteroatoms. The first kappa shape index (κ1) is 18.8. The van der Waals surface area contributed by atoms with Crippen LogP contribution in [0, 0.1) is 5.92 Å². The number of nitrogens with two attached hydrogens (primary N) is 1. The number of aliphatic imine (C=N–C) groups is 1. The highest BCUT2D eigenvalue weighted by atomic mass is 127. The summed E-state index contributed by atoms with van der Waals surface area (Å²) in [7, 11) is 0. The van der Waals surface area contributed by atoms with Gasteiger partial charge >= 0.3 is 6.36 Å². The molecule has 3 unspecified atom stereocenters. The molecule has 1 fully saturated rings. The van der Waals surface area contributed by atoms with E-state index in [1.54, 1.807) is 0 Å². The molecule has 0 saturated heterocycles. The summed E-state index contributed by atoms with van der Waals surface area (Å²) in [6.45, 7) is 0. The third-order valence-corrected chi connectivity index (χ3v) is 4.65. The standard InChI is InChI=1S/C18H16F3N3O.HI/c19-18(20,21)25-12-7-5-11(6-8-12)23-17(22)24-16-14-9-10-3-1-2-4-13(10)15(14)16;/h1-8,14-16H,9H2,(H3,22,23,24);1H. The van der Waals surface area contributed by atoms with E-state index in [0.29, 0.717) is 17.5 Å². The molecular weight excluding hydrogens is 458 g/mol. The van der Waals surface area contributed by atoms with Gasteiger partial charge < -0.3 is 15.8 Å². The quantitative estimate of drug-likeness (QED) is 0.396. The molecule has 0 radical (unpaired) electrons. The summed E-state index contributed by atoms with van der Waals surface area (Å²) >= 11 is 0. The average molecular weight is 475 g/mol. The zero-order chi connectivity index (χ0) is 17.6. The maximum Gasteiger partial charge on any atom is 0.573 e. The van der Waals surface area contributed by atoms with Crippen molar-refractivity contribution in [3.8, 4) is 5.75 Å². The van der Waals surface area contributed by atoms with Crippen LogP contribution >= 0.6 is 24.0 Å². The molecule has 0 bridgehead atoms. The molecule has 138 valence electrons. The molecule has 2 aromatic carbocycles. The van der Waals surface area contributed by atoms with E-state index < -0.39 is 6.36 Å². The summed E-state index contributed by atoms with van der Waals surface area (Å²) in [5.41, 5.74) is 9.23. The summed E-state index contributed by atoms with van der Waals surface area (Å²) in [4.78, 5) is 4.52. The molecule has 26 heavy (non-hydrogen) atoms. The lowest BCUT2D eigenvalue weighted by Gasteiger charge is -2.10. The van der Waals surface area contributed by atoms with Crippen LogP contribution in [0.3, 0.4) is 0 Å². The SMILES string of the molecule is I.NC(=NC1C2Cc3ccccc3C21)Nc1ccc(OC(F)(F)F)cc1. The van der Waals surface area contributed by atoms with Gasteiger partial charge in [0.2, 0.25) is 0 Å². The Hall–Kier alpha value is -1.97. The van der Waals surface area contributed by atoms with Gasteiger partial charge in [-0.2, -0.15) is 0 Å². The van der Waals surface area contributed by atoms with E-state index in [1.807, 2.05) is 12.1 Å². The van der Waals surface area contributed by atoms with E-state index in [4.69, 9.17) is 5.73 Å². The predicted octanol–water partition coefficient (Wildman–Crippen LogP) is 4.27. The number of ether oxygens (including phenoxy) is 1. The molecule has 0 spiro atoms. The fourth-order valence-corrected chi connectivity index (χ4v) is 3.57. The van der Waals surface area contributed by atoms with Gasteiger partial charge in [0.05, 0.1) is 6.04 Å². The first-order valence-corrected chi connectivity index (χ1v) is 7.94. The van der Waals surface area contributed by atoms with Crippen molar-refractivity contribution >= 4 is 35.6 Å². The summed E-state index contributed by atoms with van der Waals surface area (Å²) in [6, 6.07) is 13.9. The number of rotatable bonds is 3. The molecule has 3 N–H and O–H groups in total. The second kappa shape index (κ2) is 6.98. The summed E-state index contributed by atoms with van der Waals surface area (Å²) < 4.78 is 40.3. The summed E-state index contributed by atoms with van der Waals surface area (Å²) in [5.74, 6) is 0.919. The Labute approximate surface area is 165 Å². The fourth-order valence-electron chi connectivity index (χ4n) is 3.57. The number of nitrogens with one attached hydrogen (secondary N) is 1. The maximum atomic E-state index is 12.1. The Morgan fingerprint density at radius 3 is 2.50 bits per heavy atom. The van der Waals surface area contributed by atoms with Gasteiger partial charge in [-0.25, -0.2) is 4.99 Å². The lowest BCUT2D eigenvalue weighted by atomic mass is 10.1. The number of halogens is 4. The van der Waals surface area contributed by atoms with Crippen molar-refractivity contribution < 1.29 is 17.9 Å². The third kappa shape index (κ3) is 3.89. The molecule has 0 aliphatic heterocycles. The van der Waals surface area contributed by atoms with Crippen molar-refractivity contribution in [2.75, 3.05) is 5.32 Å². The molecule has 2 aliphatic rings. The smallest absolute Gasteiger partial charge is 0.406 e. The minimum absolute atomic E-state index is 0. The van der Waals surface area contributed by atoms with Gasteiger partial charge in [-0.1, -0.05) is 24.3 Å². The summed E-state index contributed by atoms with van der Waals surface area (Å²) in [6.07, 6.45) is -3.68. The highest BCUT2D eigenvalue weighted by molar-refractivity contribution is 14.0. The second-order valence-electron chi connectivity index (χ2n) is 6.29. The minimum Gasteiger partial charge on any atom is -0.406 e. The van der Waals surface area contributed by atoms with Gasteiger partial charge in [0.1, 0.15) is 5.75 Å². The molecule has 4 rings (SSSR count). The monoisotopic (exact) mass is 475 g/mol. The number of guanidine groups is 1. The van der Waals surface area contributed by atoms with Crippen molar-refractivity contribution in [2.45, 2.75) is 24.7 Å². The molecule has 4 nitrogen and oxygen atoms in total. The van der Waals surface area contributed by atoms with Crippen LogP contribution < -0.4 is 15.8 Å². The van der Waals surface area contributed by atoms with Crippen molar-refractivity contribution in [3.05, 3.63) is 59.7 Å². The molecule has 0 heterocycles. The Kier molecular flexibility index (Phi) is 5.05. The van der Waals surface area contributed by atoms with E-state index in [9.17, 15) is 13.2 Å². The Morgan fingerprint density at radius 1 is 1.12 bits per heavy atom. The van der Waals surface area contributed by atoms with Crippen LogP contribution in [-0.4, -0.2) is 18.4 Å². The van der Waals surface area contributed by atoms with E-state index in [2.05, 4.69) is 27.2 Å². The fraction of sp³-hybridized carbons (Fsp3) is 0.278. The van der Waals surface area contributed by atoms with Gasteiger partial charge in [0.15, 0.2) is 5.96 Å². The average Bonchev–Trinajstić information content (AvgIpc) is 3.04. The van der Waals surface area contributed by atoms with E-state index in [-0.39, 0.29) is 41.7 Å². The van der Waals surface area contributed by atoms with E-state index in [1.165, 1.54) is 35.4 Å². The number of nitrogens with zero attached hydrogens (tertiary/aromatic N) is 1. The molecule has 0 amide bonds. The van der Waals surface area contributed by atoms with Crippen molar-refractivity contribution in [1.29, 1.82) is 0 Å². The maximum absolute atomic E-state index is 12.1. The van der Waals surface area contributed by atoms with Crippen LogP contribution in [0.5, 0.6) is 5.75 Å². The van der Waals surface area contributed by atoms with Crippen LogP contribution in [-0.2, 0) is 6.42 Å². The van der Waals surface area contributed by atoms with Crippen LogP contribution in [0.25, 0.3) is 0 Å². The highest BCUT2D eigenvalue weighted by Gasteiger charge is 2.55. The molecular formula is C18H17F3IN3O. The predicted molar refractivity (Wildman–Crippen MR) is 104 cm³/mol. The number of hydrogen-bond acceptors (Lipinski definition) is 2. The lowest BCUT2D eigenvalue weighted by molar-refractivity contribution is -0.274. The minimum atomic E-state index is -4.70. The van der Waals surface area contributed by atoms with E-state index in [0.717, 1.165) is 6.42 Å². The van der Waals surface area contributed by atoms with Crippen LogP contribution in [0.15, 0.2) is 53.5 Å². The number of anilines is 1. The van der Waals surface area contributed by atoms with Gasteiger partial charge in [-0.15, -0.1) is 37.1 Å². The number of fused-ring (bicyclic) bond motifs is 3. The van der Waals surface area contributed by atoms with Crippen molar-refractivity contribution in [1.82, 2.24) is 0 Å². The zero-order valence-electron chi connectivity index (χ0n) is 13.5. The first-order valence-electron chi connectivity index (χ1n) is 7.94. The lowest BCUT2D eigenvalue weighted by Crippen LogP contribution is -2.23. The third-order valence-electron chi connectivity index (χ3n) is 4.65. The largest absolute Gasteiger partial charge is 0.573 e. The van der Waals surface area contributed by atoms with Crippen LogP contribution in [0.1, 0.15) is 17.0 Å². The Balaban J connectivity index is 0.00000196. The zero-order valence-corrected chi connectivity index (χ0v) is 15.9. The van der Waals surface area contributed by atoms with Crippen molar-refractivity contribution in [2.24, 2.45) is 16.6 Å². The molecule has 2 aliphatic carbocycles. The number of hydrogen-bond donors (Lipinski definition) is 2. The van der Waals surface area contributed by atoms with Crippen LogP contribution in [0.4, 0.5) is 18.9 Å². The Bertz CT molecular complexity index is 823. The summed E-state index contributed by atoms with van der Waals surface area (Å²) in [5, 5.41) is 2.91. The highest BCUT2D eigenvalue weighted by Crippen LogP contribution is 2.58. The molecule has 2 aromatic rings. The van der Waals surface area contributed by atoms with Crippen molar-refractivity contribution in [3.63, 3.8) is 0 Å². The first-order chi connectivity index (χ1) is 11.9. The van der Waals surface area contributed by atoms with Crippen LogP contribution in [0.2, 0.25) is 0 Å². The van der Waals surface area contributed by atoms with Gasteiger partial charge in [-0.3, -0.25) is 0 Å². The van der Waals surface area contributed by atoms with Gasteiger partial charge in [0.25, 0.3) is 0 Å².